The first kappa shape index (κ1) is 12.8. The number of benzene rings is 1. The summed E-state index contributed by atoms with van der Waals surface area (Å²) in [4.78, 5) is 14.3. The molecule has 0 spiro atoms. The second-order valence-corrected chi connectivity index (χ2v) is 4.90. The third kappa shape index (κ3) is 2.29. The second kappa shape index (κ2) is 4.91. The number of rotatable bonds is 4. The van der Waals surface area contributed by atoms with Crippen LogP contribution in [0.2, 0.25) is 0 Å². The number of carbonyl (C=O) groups excluding carboxylic acids is 1. The number of ether oxygens (including phenoxy) is 1. The zero-order valence-corrected chi connectivity index (χ0v) is 10.6. The van der Waals surface area contributed by atoms with Crippen molar-refractivity contribution >= 4 is 6.08 Å². The van der Waals surface area contributed by atoms with Crippen LogP contribution in [0.3, 0.4) is 0 Å². The summed E-state index contributed by atoms with van der Waals surface area (Å²) >= 11 is 0. The first-order valence-corrected chi connectivity index (χ1v) is 6.13. The van der Waals surface area contributed by atoms with E-state index >= 15 is 0 Å². The average Bonchev–Trinajstić information content (AvgIpc) is 2.26. The minimum atomic E-state index is -0.557. The molecule has 0 aliphatic heterocycles. The highest BCUT2D eigenvalue weighted by molar-refractivity contribution is 5.41. The Morgan fingerprint density at radius 2 is 2.17 bits per heavy atom. The quantitative estimate of drug-likeness (QED) is 0.606. The van der Waals surface area contributed by atoms with Crippen LogP contribution in [0, 0.1) is 5.82 Å². The fourth-order valence-corrected chi connectivity index (χ4v) is 2.20. The van der Waals surface area contributed by atoms with Gasteiger partial charge in [0.05, 0.1) is 11.6 Å². The van der Waals surface area contributed by atoms with E-state index in [4.69, 9.17) is 4.74 Å². The summed E-state index contributed by atoms with van der Waals surface area (Å²) in [5.41, 5.74) is 0.171. The molecule has 0 amide bonds. The van der Waals surface area contributed by atoms with E-state index in [1.807, 2.05) is 13.8 Å². The Balaban J connectivity index is 2.31. The minimum Gasteiger partial charge on any atom is -0.488 e. The molecular formula is C14H16FNO2. The Labute approximate surface area is 106 Å². The molecule has 2 rings (SSSR count). The van der Waals surface area contributed by atoms with Crippen LogP contribution in [0.15, 0.2) is 23.2 Å². The van der Waals surface area contributed by atoms with Gasteiger partial charge >= 0.3 is 0 Å². The number of isocyanates is 1. The molecule has 96 valence electrons. The maximum atomic E-state index is 13.9. The lowest BCUT2D eigenvalue weighted by atomic mass is 9.72. The highest BCUT2D eigenvalue weighted by atomic mass is 19.1. The molecule has 0 radical (unpaired) electrons. The molecule has 1 aromatic carbocycles. The van der Waals surface area contributed by atoms with E-state index in [0.717, 1.165) is 24.8 Å². The van der Waals surface area contributed by atoms with Crippen LogP contribution in [0.1, 0.15) is 38.7 Å². The lowest BCUT2D eigenvalue weighted by Crippen LogP contribution is -2.32. The van der Waals surface area contributed by atoms with Crippen LogP contribution in [0.4, 0.5) is 4.39 Å². The van der Waals surface area contributed by atoms with Gasteiger partial charge in [-0.2, -0.15) is 4.99 Å². The molecule has 0 N–H and O–H groups in total. The standard InChI is InChI=1S/C14H16FNO2/c1-10(2)18-13-5-4-11(8-12(13)15)14(16-9-17)6-3-7-14/h4-5,8,10H,3,6-7H2,1-2H3. The van der Waals surface area contributed by atoms with Gasteiger partial charge in [-0.25, -0.2) is 9.18 Å². The van der Waals surface area contributed by atoms with Crippen molar-refractivity contribution in [3.8, 4) is 5.75 Å². The summed E-state index contributed by atoms with van der Waals surface area (Å²) in [6, 6.07) is 4.80. The molecule has 0 aromatic heterocycles. The van der Waals surface area contributed by atoms with Crippen LogP contribution >= 0.6 is 0 Å². The third-order valence-electron chi connectivity index (χ3n) is 3.27. The number of hydrogen-bond donors (Lipinski definition) is 0. The van der Waals surface area contributed by atoms with Crippen LogP contribution < -0.4 is 4.74 Å². The number of halogens is 1. The molecule has 18 heavy (non-hydrogen) atoms. The Hall–Kier alpha value is -1.67. The summed E-state index contributed by atoms with van der Waals surface area (Å²) in [5.74, 6) is -0.174. The van der Waals surface area contributed by atoms with E-state index in [9.17, 15) is 9.18 Å². The van der Waals surface area contributed by atoms with Crippen molar-refractivity contribution in [3.05, 3.63) is 29.6 Å². The highest BCUT2D eigenvalue weighted by Crippen LogP contribution is 2.45. The molecule has 0 atom stereocenters. The van der Waals surface area contributed by atoms with Crippen molar-refractivity contribution in [2.75, 3.05) is 0 Å². The molecule has 1 saturated carbocycles. The van der Waals surface area contributed by atoms with Gasteiger partial charge in [0.25, 0.3) is 0 Å². The van der Waals surface area contributed by atoms with Crippen molar-refractivity contribution in [3.63, 3.8) is 0 Å². The van der Waals surface area contributed by atoms with Crippen LogP contribution in [-0.2, 0) is 10.3 Å². The predicted octanol–water partition coefficient (Wildman–Crippen LogP) is 3.33. The van der Waals surface area contributed by atoms with Gasteiger partial charge < -0.3 is 4.74 Å². The van der Waals surface area contributed by atoms with Gasteiger partial charge in [-0.15, -0.1) is 0 Å². The van der Waals surface area contributed by atoms with Crippen molar-refractivity contribution in [1.29, 1.82) is 0 Å². The molecular weight excluding hydrogens is 233 g/mol. The molecule has 1 aliphatic carbocycles. The first-order chi connectivity index (χ1) is 8.57. The molecule has 0 bridgehead atoms. The van der Waals surface area contributed by atoms with Gasteiger partial charge in [-0.1, -0.05) is 6.07 Å². The minimum absolute atomic E-state index is 0.0731. The summed E-state index contributed by atoms with van der Waals surface area (Å²) in [7, 11) is 0. The van der Waals surface area contributed by atoms with E-state index in [1.54, 1.807) is 18.2 Å². The molecule has 1 fully saturated rings. The summed E-state index contributed by atoms with van der Waals surface area (Å²) < 4.78 is 19.2. The number of nitrogens with zero attached hydrogens (tertiary/aromatic N) is 1. The monoisotopic (exact) mass is 249 g/mol. The van der Waals surface area contributed by atoms with Crippen molar-refractivity contribution in [1.82, 2.24) is 0 Å². The van der Waals surface area contributed by atoms with Crippen LogP contribution in [0.25, 0.3) is 0 Å². The smallest absolute Gasteiger partial charge is 0.235 e. The molecule has 0 saturated heterocycles. The Morgan fingerprint density at radius 3 is 2.61 bits per heavy atom. The molecule has 0 heterocycles. The van der Waals surface area contributed by atoms with Gasteiger partial charge in [0.1, 0.15) is 0 Å². The highest BCUT2D eigenvalue weighted by Gasteiger charge is 2.39. The van der Waals surface area contributed by atoms with Crippen molar-refractivity contribution < 1.29 is 13.9 Å². The molecule has 1 aliphatic rings. The van der Waals surface area contributed by atoms with Gasteiger partial charge in [-0.05, 0) is 50.8 Å². The third-order valence-corrected chi connectivity index (χ3v) is 3.27. The van der Waals surface area contributed by atoms with Crippen LogP contribution in [0.5, 0.6) is 5.75 Å². The normalized spacial score (nSPS) is 16.9. The summed E-state index contributed by atoms with van der Waals surface area (Å²) in [5, 5.41) is 0. The molecule has 1 aromatic rings. The van der Waals surface area contributed by atoms with E-state index < -0.39 is 11.4 Å². The van der Waals surface area contributed by atoms with Crippen molar-refractivity contribution in [2.45, 2.75) is 44.8 Å². The average molecular weight is 249 g/mol. The Bertz CT molecular complexity index is 489. The Kier molecular flexibility index (Phi) is 3.48. The Morgan fingerprint density at radius 1 is 1.44 bits per heavy atom. The van der Waals surface area contributed by atoms with Gasteiger partial charge in [0.15, 0.2) is 11.6 Å². The topological polar surface area (TPSA) is 38.7 Å². The van der Waals surface area contributed by atoms with E-state index in [2.05, 4.69) is 4.99 Å². The molecule has 3 nitrogen and oxygen atoms in total. The van der Waals surface area contributed by atoms with Gasteiger partial charge in [0.2, 0.25) is 6.08 Å². The molecule has 4 heteroatoms. The largest absolute Gasteiger partial charge is 0.488 e. The maximum absolute atomic E-state index is 13.9. The maximum Gasteiger partial charge on any atom is 0.235 e. The fraction of sp³-hybridized carbons (Fsp3) is 0.500. The second-order valence-electron chi connectivity index (χ2n) is 4.90. The van der Waals surface area contributed by atoms with E-state index in [0.29, 0.717) is 0 Å². The van der Waals surface area contributed by atoms with E-state index in [-0.39, 0.29) is 11.9 Å². The van der Waals surface area contributed by atoms with Gasteiger partial charge in [0, 0.05) is 0 Å². The SMILES string of the molecule is CC(C)Oc1ccc(C2(N=C=O)CCC2)cc1F. The zero-order valence-electron chi connectivity index (χ0n) is 10.6. The predicted molar refractivity (Wildman–Crippen MR) is 65.8 cm³/mol. The van der Waals surface area contributed by atoms with E-state index in [1.165, 1.54) is 6.07 Å². The van der Waals surface area contributed by atoms with Gasteiger partial charge in [-0.3, -0.25) is 0 Å². The first-order valence-electron chi connectivity index (χ1n) is 6.13. The lowest BCUT2D eigenvalue weighted by molar-refractivity contribution is 0.228. The number of hydrogen-bond acceptors (Lipinski definition) is 3. The number of aliphatic imine (C=N–C) groups is 1. The fourth-order valence-electron chi connectivity index (χ4n) is 2.20. The molecule has 0 unspecified atom stereocenters. The van der Waals surface area contributed by atoms with Crippen molar-refractivity contribution in [2.24, 2.45) is 4.99 Å². The summed E-state index contributed by atoms with van der Waals surface area (Å²) in [6.45, 7) is 3.69. The summed E-state index contributed by atoms with van der Waals surface area (Å²) in [6.07, 6.45) is 4.06. The lowest BCUT2D eigenvalue weighted by Gasteiger charge is -2.37. The zero-order chi connectivity index (χ0) is 13.2. The van der Waals surface area contributed by atoms with Crippen LogP contribution in [-0.4, -0.2) is 12.2 Å².